The average molecular weight is 365 g/mol. The number of hydrogen-bond donors (Lipinski definition) is 0. The third-order valence-electron chi connectivity index (χ3n) is 5.02. The van der Waals surface area contributed by atoms with Crippen LogP contribution in [-0.2, 0) is 6.54 Å². The molecular formula is C19H17ClN6. The lowest BCUT2D eigenvalue weighted by atomic mass is 10.0. The third-order valence-corrected chi connectivity index (χ3v) is 5.38. The van der Waals surface area contributed by atoms with E-state index >= 15 is 0 Å². The first kappa shape index (κ1) is 15.6. The number of aromatic nitrogens is 3. The Balaban J connectivity index is 1.60. The maximum atomic E-state index is 6.54. The SMILES string of the molecule is Cc1nn(Cc2c(Cl)cccc2C2CC2)c2cc(C3=NN=NC3)cnc12. The van der Waals surface area contributed by atoms with Crippen molar-refractivity contribution in [1.29, 1.82) is 0 Å². The molecule has 0 N–H and O–H groups in total. The van der Waals surface area contributed by atoms with E-state index in [2.05, 4.69) is 32.6 Å². The number of halogens is 1. The molecular weight excluding hydrogens is 348 g/mol. The predicted molar refractivity (Wildman–Crippen MR) is 101 cm³/mol. The fourth-order valence-electron chi connectivity index (χ4n) is 3.52. The zero-order chi connectivity index (χ0) is 17.7. The molecule has 1 saturated carbocycles. The van der Waals surface area contributed by atoms with Crippen molar-refractivity contribution < 1.29 is 0 Å². The van der Waals surface area contributed by atoms with Crippen LogP contribution >= 0.6 is 11.6 Å². The van der Waals surface area contributed by atoms with Gasteiger partial charge < -0.3 is 0 Å². The molecule has 0 bridgehead atoms. The summed E-state index contributed by atoms with van der Waals surface area (Å²) >= 11 is 6.54. The number of nitrogens with zero attached hydrogens (tertiary/aromatic N) is 6. The van der Waals surface area contributed by atoms with Gasteiger partial charge in [-0.15, -0.1) is 5.10 Å². The lowest BCUT2D eigenvalue weighted by Crippen LogP contribution is -2.07. The Kier molecular flexibility index (Phi) is 3.60. The highest BCUT2D eigenvalue weighted by molar-refractivity contribution is 6.31. The van der Waals surface area contributed by atoms with Crippen LogP contribution < -0.4 is 0 Å². The molecule has 2 aliphatic rings. The molecule has 5 rings (SSSR count). The molecule has 26 heavy (non-hydrogen) atoms. The molecule has 0 atom stereocenters. The van der Waals surface area contributed by atoms with Gasteiger partial charge in [0.05, 0.1) is 23.5 Å². The molecule has 1 aliphatic heterocycles. The standard InChI is InChI=1S/C19H17ClN6/c1-11-19-18(7-13(8-21-19)17-9-22-25-23-17)26(24-11)10-15-14(12-5-6-12)3-2-4-16(15)20/h2-4,7-8,12H,5-6,9-10H2,1H3. The van der Waals surface area contributed by atoms with E-state index in [0.29, 0.717) is 19.0 Å². The van der Waals surface area contributed by atoms with Crippen LogP contribution in [0, 0.1) is 6.92 Å². The quantitative estimate of drug-likeness (QED) is 0.684. The molecule has 3 aromatic rings. The molecule has 0 amide bonds. The smallest absolute Gasteiger partial charge is 0.111 e. The second-order valence-corrected chi connectivity index (χ2v) is 7.26. The molecule has 1 fully saturated rings. The van der Waals surface area contributed by atoms with E-state index in [9.17, 15) is 0 Å². The van der Waals surface area contributed by atoms with Crippen molar-refractivity contribution in [3.63, 3.8) is 0 Å². The number of benzene rings is 1. The van der Waals surface area contributed by atoms with Gasteiger partial charge in [-0.25, -0.2) is 0 Å². The van der Waals surface area contributed by atoms with Crippen LogP contribution in [0.5, 0.6) is 0 Å². The third kappa shape index (κ3) is 2.61. The van der Waals surface area contributed by atoms with Gasteiger partial charge in [0.1, 0.15) is 12.1 Å². The fraction of sp³-hybridized carbons (Fsp3) is 0.316. The number of rotatable bonds is 4. The summed E-state index contributed by atoms with van der Waals surface area (Å²) in [6, 6.07) is 8.26. The fourth-order valence-corrected chi connectivity index (χ4v) is 3.76. The van der Waals surface area contributed by atoms with E-state index in [1.807, 2.05) is 29.9 Å². The van der Waals surface area contributed by atoms with Crippen molar-refractivity contribution in [2.24, 2.45) is 15.4 Å². The highest BCUT2D eigenvalue weighted by Crippen LogP contribution is 2.43. The molecule has 3 heterocycles. The van der Waals surface area contributed by atoms with Gasteiger partial charge in [0.25, 0.3) is 0 Å². The summed E-state index contributed by atoms with van der Waals surface area (Å²) in [6.07, 6.45) is 4.30. The van der Waals surface area contributed by atoms with Crippen LogP contribution in [0.15, 0.2) is 45.9 Å². The molecule has 1 aromatic carbocycles. The van der Waals surface area contributed by atoms with E-state index in [1.165, 1.54) is 18.4 Å². The molecule has 130 valence electrons. The number of aryl methyl sites for hydroxylation is 1. The second kappa shape index (κ2) is 5.99. The Labute approximate surface area is 155 Å². The Morgan fingerprint density at radius 1 is 1.27 bits per heavy atom. The second-order valence-electron chi connectivity index (χ2n) is 6.85. The van der Waals surface area contributed by atoms with Crippen molar-refractivity contribution in [1.82, 2.24) is 14.8 Å². The minimum absolute atomic E-state index is 0.497. The summed E-state index contributed by atoms with van der Waals surface area (Å²) in [7, 11) is 0. The first-order valence-corrected chi connectivity index (χ1v) is 9.12. The van der Waals surface area contributed by atoms with Crippen LogP contribution in [0.3, 0.4) is 0 Å². The first-order valence-electron chi connectivity index (χ1n) is 8.75. The van der Waals surface area contributed by atoms with Crippen molar-refractivity contribution in [2.45, 2.75) is 32.2 Å². The molecule has 0 unspecified atom stereocenters. The van der Waals surface area contributed by atoms with E-state index in [0.717, 1.165) is 38.6 Å². The van der Waals surface area contributed by atoms with Gasteiger partial charge in [0.15, 0.2) is 0 Å². The molecule has 2 aromatic heterocycles. The number of hydrogen-bond acceptors (Lipinski definition) is 5. The van der Waals surface area contributed by atoms with Gasteiger partial charge in [0, 0.05) is 16.8 Å². The van der Waals surface area contributed by atoms with E-state index in [4.69, 9.17) is 16.7 Å². The van der Waals surface area contributed by atoms with Gasteiger partial charge in [-0.2, -0.15) is 10.2 Å². The highest BCUT2D eigenvalue weighted by Gasteiger charge is 2.27. The van der Waals surface area contributed by atoms with Crippen molar-refractivity contribution >= 4 is 28.3 Å². The molecule has 0 radical (unpaired) electrons. The molecule has 1 aliphatic carbocycles. The Hall–Kier alpha value is -2.60. The Morgan fingerprint density at radius 2 is 2.15 bits per heavy atom. The largest absolute Gasteiger partial charge is 0.258 e. The summed E-state index contributed by atoms with van der Waals surface area (Å²) in [6.45, 7) is 3.12. The lowest BCUT2D eigenvalue weighted by Gasteiger charge is -2.12. The lowest BCUT2D eigenvalue weighted by molar-refractivity contribution is 0.697. The number of fused-ring (bicyclic) bond motifs is 1. The minimum Gasteiger partial charge on any atom is -0.258 e. The minimum atomic E-state index is 0.497. The zero-order valence-electron chi connectivity index (χ0n) is 14.4. The van der Waals surface area contributed by atoms with Gasteiger partial charge >= 0.3 is 0 Å². The molecule has 0 spiro atoms. The van der Waals surface area contributed by atoms with Crippen LogP contribution in [0.1, 0.15) is 41.1 Å². The van der Waals surface area contributed by atoms with Crippen molar-refractivity contribution in [2.75, 3.05) is 6.54 Å². The normalized spacial score (nSPS) is 16.5. The van der Waals surface area contributed by atoms with Gasteiger partial charge in [-0.1, -0.05) is 23.7 Å². The van der Waals surface area contributed by atoms with Gasteiger partial charge in [0.2, 0.25) is 0 Å². The van der Waals surface area contributed by atoms with Crippen LogP contribution in [0.2, 0.25) is 5.02 Å². The first-order chi connectivity index (χ1) is 12.7. The van der Waals surface area contributed by atoms with Crippen LogP contribution in [-0.4, -0.2) is 27.0 Å². The summed E-state index contributed by atoms with van der Waals surface area (Å²) in [5.41, 5.74) is 7.08. The summed E-state index contributed by atoms with van der Waals surface area (Å²) in [5.74, 6) is 0.636. The summed E-state index contributed by atoms with van der Waals surface area (Å²) in [4.78, 5) is 4.60. The van der Waals surface area contributed by atoms with Gasteiger partial charge in [-0.3, -0.25) is 9.67 Å². The van der Waals surface area contributed by atoms with Crippen LogP contribution in [0.25, 0.3) is 11.0 Å². The van der Waals surface area contributed by atoms with E-state index in [1.54, 1.807) is 0 Å². The summed E-state index contributed by atoms with van der Waals surface area (Å²) < 4.78 is 2.00. The Morgan fingerprint density at radius 3 is 2.92 bits per heavy atom. The van der Waals surface area contributed by atoms with E-state index in [-0.39, 0.29) is 0 Å². The average Bonchev–Trinajstić information content (AvgIpc) is 3.25. The van der Waals surface area contributed by atoms with Gasteiger partial charge in [-0.05, 0) is 54.2 Å². The molecule has 6 nitrogen and oxygen atoms in total. The monoisotopic (exact) mass is 364 g/mol. The van der Waals surface area contributed by atoms with Crippen molar-refractivity contribution in [3.8, 4) is 0 Å². The summed E-state index contributed by atoms with van der Waals surface area (Å²) in [5, 5.41) is 17.2. The zero-order valence-corrected chi connectivity index (χ0v) is 15.1. The van der Waals surface area contributed by atoms with Crippen molar-refractivity contribution in [3.05, 3.63) is 57.9 Å². The molecule has 0 saturated heterocycles. The highest BCUT2D eigenvalue weighted by atomic mass is 35.5. The van der Waals surface area contributed by atoms with E-state index < -0.39 is 0 Å². The topological polar surface area (TPSA) is 67.8 Å². The maximum Gasteiger partial charge on any atom is 0.111 e. The van der Waals surface area contributed by atoms with Crippen LogP contribution in [0.4, 0.5) is 0 Å². The maximum absolute atomic E-state index is 6.54. The predicted octanol–water partition coefficient (Wildman–Crippen LogP) is 4.49. The molecule has 7 heteroatoms. The number of pyridine rings is 1. The Bertz CT molecular complexity index is 1080.